The topological polar surface area (TPSA) is 48.5 Å². The van der Waals surface area contributed by atoms with Gasteiger partial charge in [0.1, 0.15) is 6.17 Å². The molecule has 0 saturated carbocycles. The Kier molecular flexibility index (Phi) is 8.15. The smallest absolute Gasteiger partial charge is 0.238 e. The molecule has 11 rings (SSSR count). The van der Waals surface area contributed by atoms with Crippen molar-refractivity contribution in [2.75, 3.05) is 0 Å². The molecular weight excluding hydrogens is 738 g/mol. The van der Waals surface area contributed by atoms with Crippen molar-refractivity contribution in [1.29, 1.82) is 0 Å². The predicted molar refractivity (Wildman–Crippen MR) is 246 cm³/mol. The maximum Gasteiger partial charge on any atom is 0.238 e. The average Bonchev–Trinajstić information content (AvgIpc) is 3.79. The van der Waals surface area contributed by atoms with E-state index in [4.69, 9.17) is 15.0 Å². The quantitative estimate of drug-likeness (QED) is 0.175. The van der Waals surface area contributed by atoms with Crippen LogP contribution in [0.25, 0.3) is 83.3 Å². The molecule has 0 aliphatic heterocycles. The molecule has 9 aromatic rings. The largest absolute Gasteiger partial charge is 0.307 e. The fourth-order valence-electron chi connectivity index (χ4n) is 10.2. The van der Waals surface area contributed by atoms with Gasteiger partial charge in [0.25, 0.3) is 0 Å². The highest BCUT2D eigenvalue weighted by Crippen LogP contribution is 2.51. The number of hydrogen-bond acceptors (Lipinski definition) is 3. The number of rotatable bonds is 5. The van der Waals surface area contributed by atoms with E-state index in [1.807, 2.05) is 42.5 Å². The zero-order valence-electron chi connectivity index (χ0n) is 34.6. The van der Waals surface area contributed by atoms with Crippen LogP contribution in [-0.2, 0) is 10.8 Å². The summed E-state index contributed by atoms with van der Waals surface area (Å²) >= 11 is 0. The van der Waals surface area contributed by atoms with E-state index in [1.54, 1.807) is 6.08 Å². The Morgan fingerprint density at radius 3 is 1.97 bits per heavy atom. The second-order valence-corrected chi connectivity index (χ2v) is 18.0. The lowest BCUT2D eigenvalue weighted by Gasteiger charge is -2.46. The molecule has 60 heavy (non-hydrogen) atoms. The highest BCUT2D eigenvalue weighted by Gasteiger charge is 2.42. The van der Waals surface area contributed by atoms with Crippen LogP contribution in [0.2, 0.25) is 0 Å². The molecule has 0 spiro atoms. The zero-order chi connectivity index (χ0) is 40.9. The number of alkyl halides is 1. The van der Waals surface area contributed by atoms with Crippen LogP contribution in [0, 0.1) is 5.92 Å². The Morgan fingerprint density at radius 2 is 1.23 bits per heavy atom. The van der Waals surface area contributed by atoms with Crippen molar-refractivity contribution in [1.82, 2.24) is 24.1 Å². The molecule has 0 amide bonds. The van der Waals surface area contributed by atoms with E-state index in [9.17, 15) is 4.39 Å². The van der Waals surface area contributed by atoms with E-state index in [0.717, 1.165) is 61.3 Å². The first-order chi connectivity index (χ1) is 29.1. The lowest BCUT2D eigenvalue weighted by atomic mass is 9.58. The second kappa shape index (κ2) is 13.4. The Labute approximate surface area is 349 Å². The van der Waals surface area contributed by atoms with E-state index in [-0.39, 0.29) is 10.8 Å². The molecule has 0 fully saturated rings. The van der Waals surface area contributed by atoms with Gasteiger partial charge in [0.2, 0.25) is 5.95 Å². The van der Waals surface area contributed by atoms with Crippen LogP contribution in [0.4, 0.5) is 4.39 Å². The summed E-state index contributed by atoms with van der Waals surface area (Å²) in [4.78, 5) is 15.4. The lowest BCUT2D eigenvalue weighted by molar-refractivity contribution is 0.233. The molecule has 2 aliphatic carbocycles. The average molecular weight is 784 g/mol. The maximum absolute atomic E-state index is 14.9. The summed E-state index contributed by atoms with van der Waals surface area (Å²) in [6.45, 7) is 12.0. The van der Waals surface area contributed by atoms with Gasteiger partial charge in [-0.2, -0.15) is 9.97 Å². The number of hydrogen-bond donors (Lipinski definition) is 0. The third kappa shape index (κ3) is 5.53. The van der Waals surface area contributed by atoms with Gasteiger partial charge in [-0.05, 0) is 64.1 Å². The molecular formula is C54H46FN5. The summed E-state index contributed by atoms with van der Waals surface area (Å²) in [5.74, 6) is 1.99. The monoisotopic (exact) mass is 783 g/mol. The number of allylic oxidation sites excluding steroid dienone is 4. The van der Waals surface area contributed by atoms with E-state index in [0.29, 0.717) is 35.5 Å². The highest BCUT2D eigenvalue weighted by molar-refractivity contribution is 6.24. The van der Waals surface area contributed by atoms with Crippen molar-refractivity contribution in [2.24, 2.45) is 5.92 Å². The molecule has 3 aromatic heterocycles. The number of nitrogens with zero attached hydrogens (tertiary/aromatic N) is 5. The lowest BCUT2D eigenvalue weighted by Crippen LogP contribution is -2.40. The van der Waals surface area contributed by atoms with Gasteiger partial charge in [0.15, 0.2) is 11.6 Å². The van der Waals surface area contributed by atoms with Gasteiger partial charge in [0.05, 0.1) is 27.8 Å². The molecule has 2 unspecified atom stereocenters. The van der Waals surface area contributed by atoms with Crippen molar-refractivity contribution in [2.45, 2.75) is 64.5 Å². The van der Waals surface area contributed by atoms with Gasteiger partial charge in [-0.3, -0.25) is 4.57 Å². The fourth-order valence-corrected chi connectivity index (χ4v) is 10.2. The van der Waals surface area contributed by atoms with Gasteiger partial charge < -0.3 is 4.57 Å². The normalized spacial score (nSPS) is 18.3. The zero-order valence-corrected chi connectivity index (χ0v) is 34.6. The predicted octanol–water partition coefficient (Wildman–Crippen LogP) is 13.7. The van der Waals surface area contributed by atoms with Crippen molar-refractivity contribution < 1.29 is 4.39 Å². The maximum atomic E-state index is 14.9. The van der Waals surface area contributed by atoms with Crippen LogP contribution in [-0.4, -0.2) is 30.3 Å². The minimum atomic E-state index is -1.11. The molecule has 0 N–H and O–H groups in total. The summed E-state index contributed by atoms with van der Waals surface area (Å²) in [5, 5.41) is 4.48. The van der Waals surface area contributed by atoms with Crippen LogP contribution < -0.4 is 0 Å². The molecule has 0 radical (unpaired) electrons. The van der Waals surface area contributed by atoms with Crippen molar-refractivity contribution in [3.8, 4) is 34.2 Å². The van der Waals surface area contributed by atoms with E-state index in [2.05, 4.69) is 147 Å². The summed E-state index contributed by atoms with van der Waals surface area (Å²) in [6, 6.07) is 47.7. The standard InChI is InChI=1S/C54H46FN5/c1-33-32-53(2,3)43-29-26-35(31-44(43)54(33,4)5)38-20-9-12-23-45(38)59-46-24-13-10-21-39(46)41-27-28-42-40-22-11-14-25-47(40)60(49(42)48(41)59)52-57-50(34-16-7-6-8-17-34)56-51(58-52)36-18-15-19-37(55)30-36/h6-18,20-31,33,37H,19,32H2,1-5H3. The Morgan fingerprint density at radius 1 is 0.600 bits per heavy atom. The molecule has 0 saturated heterocycles. The molecule has 294 valence electrons. The number of halogens is 1. The third-order valence-electron chi connectivity index (χ3n) is 13.5. The Balaban J connectivity index is 1.24. The molecule has 0 bridgehead atoms. The van der Waals surface area contributed by atoms with Crippen LogP contribution >= 0.6 is 0 Å². The number of aromatic nitrogens is 5. The fraction of sp³-hybridized carbons (Fsp3) is 0.204. The molecule has 6 aromatic carbocycles. The van der Waals surface area contributed by atoms with E-state index < -0.39 is 6.17 Å². The van der Waals surface area contributed by atoms with Crippen molar-refractivity contribution in [3.05, 3.63) is 169 Å². The van der Waals surface area contributed by atoms with E-state index in [1.165, 1.54) is 22.3 Å². The van der Waals surface area contributed by atoms with Crippen LogP contribution in [0.5, 0.6) is 0 Å². The van der Waals surface area contributed by atoms with Gasteiger partial charge in [-0.25, -0.2) is 9.37 Å². The molecule has 2 atom stereocenters. The number of para-hydroxylation sites is 3. The van der Waals surface area contributed by atoms with Crippen molar-refractivity contribution in [3.63, 3.8) is 0 Å². The molecule has 5 nitrogen and oxygen atoms in total. The summed E-state index contributed by atoms with van der Waals surface area (Å²) in [5.41, 5.74) is 12.1. The van der Waals surface area contributed by atoms with Gasteiger partial charge >= 0.3 is 0 Å². The van der Waals surface area contributed by atoms with Gasteiger partial charge in [0, 0.05) is 44.7 Å². The second-order valence-electron chi connectivity index (χ2n) is 18.0. The van der Waals surface area contributed by atoms with Crippen LogP contribution in [0.3, 0.4) is 0 Å². The Bertz CT molecular complexity index is 3250. The Hall–Kier alpha value is -6.66. The van der Waals surface area contributed by atoms with Gasteiger partial charge in [-0.15, -0.1) is 0 Å². The first kappa shape index (κ1) is 36.4. The first-order valence-electron chi connectivity index (χ1n) is 21.1. The third-order valence-corrected chi connectivity index (χ3v) is 13.5. The summed E-state index contributed by atoms with van der Waals surface area (Å²) < 4.78 is 19.6. The number of fused-ring (bicyclic) bond motifs is 8. The highest BCUT2D eigenvalue weighted by atomic mass is 19.1. The molecule has 2 aliphatic rings. The summed E-state index contributed by atoms with van der Waals surface area (Å²) in [7, 11) is 0. The van der Waals surface area contributed by atoms with Gasteiger partial charge in [-0.1, -0.05) is 162 Å². The SMILES string of the molecule is CC1CC(C)(C)c2ccc(-c3ccccc3-n3c4ccccc4c4ccc5c6ccccc6n(-c6nc(C7=CC(F)CC=C7)nc(-c7ccccc7)n6)c5c43)cc2C1(C)C. The first-order valence-corrected chi connectivity index (χ1v) is 21.1. The summed E-state index contributed by atoms with van der Waals surface area (Å²) in [6.07, 6.45) is 5.79. The van der Waals surface area contributed by atoms with Crippen LogP contribution in [0.15, 0.2) is 152 Å². The minimum absolute atomic E-state index is 0.0341. The van der Waals surface area contributed by atoms with Crippen molar-refractivity contribution >= 4 is 49.2 Å². The van der Waals surface area contributed by atoms with E-state index >= 15 is 0 Å². The number of benzene rings is 6. The molecule has 6 heteroatoms. The minimum Gasteiger partial charge on any atom is -0.307 e. The van der Waals surface area contributed by atoms with Crippen LogP contribution in [0.1, 0.15) is 64.4 Å². The molecule has 3 heterocycles.